The van der Waals surface area contributed by atoms with Crippen LogP contribution in [0.4, 0.5) is 0 Å². The molecular formula is C45H87O10P. The molecule has 0 amide bonds. The molecule has 0 spiro atoms. The highest BCUT2D eigenvalue weighted by Gasteiger charge is 2.27. The highest BCUT2D eigenvalue weighted by molar-refractivity contribution is 7.47. The number of unbranched alkanes of at least 4 members (excludes halogenated alkanes) is 28. The fourth-order valence-electron chi connectivity index (χ4n) is 6.58. The first-order chi connectivity index (χ1) is 27.2. The Labute approximate surface area is 343 Å². The monoisotopic (exact) mass is 819 g/mol. The van der Waals surface area contributed by atoms with E-state index in [2.05, 4.69) is 26.0 Å². The van der Waals surface area contributed by atoms with E-state index in [0.717, 1.165) is 38.5 Å². The van der Waals surface area contributed by atoms with Crippen molar-refractivity contribution in [2.24, 2.45) is 0 Å². The summed E-state index contributed by atoms with van der Waals surface area (Å²) >= 11 is 0. The van der Waals surface area contributed by atoms with E-state index in [-0.39, 0.29) is 19.4 Å². The maximum absolute atomic E-state index is 12.6. The standard InChI is InChI=1S/C45H87O10P/c1-3-5-7-9-11-13-15-17-18-19-20-21-22-23-24-25-27-29-31-33-35-37-45(49)55-43(41-54-56(50,51)53-39-42(47)38-46)40-52-44(48)36-34-32-30-28-26-16-14-12-10-8-6-4-2/h17-18,42-43,46-47H,3-16,19-41H2,1-2H3,(H,50,51)/b18-17+/t42-,43+/m0/s1. The van der Waals surface area contributed by atoms with Gasteiger partial charge in [-0.2, -0.15) is 0 Å². The Hall–Kier alpha value is -1.29. The summed E-state index contributed by atoms with van der Waals surface area (Å²) in [5, 5.41) is 18.3. The minimum atomic E-state index is -4.61. The molecule has 0 saturated carbocycles. The lowest BCUT2D eigenvalue weighted by Gasteiger charge is -2.20. The Morgan fingerprint density at radius 1 is 0.518 bits per heavy atom. The summed E-state index contributed by atoms with van der Waals surface area (Å²) in [6.07, 6.45) is 40.3. The largest absolute Gasteiger partial charge is 0.472 e. The van der Waals surface area contributed by atoms with Crippen LogP contribution in [0, 0.1) is 0 Å². The molecule has 11 heteroatoms. The van der Waals surface area contributed by atoms with Crippen LogP contribution in [-0.2, 0) is 32.7 Å². The van der Waals surface area contributed by atoms with Crippen molar-refractivity contribution in [3.05, 3.63) is 12.2 Å². The van der Waals surface area contributed by atoms with E-state index in [0.29, 0.717) is 12.8 Å². The summed E-state index contributed by atoms with van der Waals surface area (Å²) in [6.45, 7) is 2.40. The molecule has 1 unspecified atom stereocenters. The molecule has 0 aromatic rings. The lowest BCUT2D eigenvalue weighted by Crippen LogP contribution is -2.29. The van der Waals surface area contributed by atoms with Crippen LogP contribution < -0.4 is 0 Å². The molecular weight excluding hydrogens is 731 g/mol. The van der Waals surface area contributed by atoms with Crippen LogP contribution in [0.2, 0.25) is 0 Å². The van der Waals surface area contributed by atoms with E-state index in [1.54, 1.807) is 0 Å². The third-order valence-electron chi connectivity index (χ3n) is 10.2. The molecule has 0 aromatic carbocycles. The molecule has 0 bridgehead atoms. The van der Waals surface area contributed by atoms with Crippen LogP contribution in [0.15, 0.2) is 12.2 Å². The van der Waals surface area contributed by atoms with E-state index in [1.165, 1.54) is 148 Å². The number of esters is 2. The number of aliphatic hydroxyl groups is 2. The Bertz CT molecular complexity index is 946. The number of hydrogen-bond donors (Lipinski definition) is 3. The van der Waals surface area contributed by atoms with E-state index in [4.69, 9.17) is 23.6 Å². The topological polar surface area (TPSA) is 149 Å². The molecule has 332 valence electrons. The zero-order chi connectivity index (χ0) is 41.2. The number of rotatable bonds is 44. The second kappa shape index (κ2) is 41.9. The Morgan fingerprint density at radius 3 is 1.29 bits per heavy atom. The molecule has 0 heterocycles. The number of phosphoric acid groups is 1. The Balaban J connectivity index is 4.18. The van der Waals surface area contributed by atoms with Gasteiger partial charge < -0.3 is 24.6 Å². The van der Waals surface area contributed by atoms with Crippen molar-refractivity contribution < 1.29 is 47.8 Å². The second-order valence-electron chi connectivity index (χ2n) is 15.8. The van der Waals surface area contributed by atoms with E-state index >= 15 is 0 Å². The van der Waals surface area contributed by atoms with E-state index in [1.807, 2.05) is 0 Å². The van der Waals surface area contributed by atoms with Gasteiger partial charge in [-0.05, 0) is 38.5 Å². The van der Waals surface area contributed by atoms with Gasteiger partial charge in [0.2, 0.25) is 0 Å². The van der Waals surface area contributed by atoms with E-state index in [9.17, 15) is 24.2 Å². The first-order valence-electron chi connectivity index (χ1n) is 23.1. The minimum absolute atomic E-state index is 0.188. The summed E-state index contributed by atoms with van der Waals surface area (Å²) in [5.41, 5.74) is 0. The number of phosphoric ester groups is 1. The average Bonchev–Trinajstić information content (AvgIpc) is 3.19. The van der Waals surface area contributed by atoms with Gasteiger partial charge in [0.15, 0.2) is 6.10 Å². The number of hydrogen-bond acceptors (Lipinski definition) is 9. The van der Waals surface area contributed by atoms with Gasteiger partial charge in [0, 0.05) is 12.8 Å². The molecule has 3 atom stereocenters. The highest BCUT2D eigenvalue weighted by Crippen LogP contribution is 2.43. The van der Waals surface area contributed by atoms with Gasteiger partial charge in [0.1, 0.15) is 12.7 Å². The molecule has 0 radical (unpaired) electrons. The van der Waals surface area contributed by atoms with Gasteiger partial charge in [-0.3, -0.25) is 18.6 Å². The van der Waals surface area contributed by atoms with Crippen LogP contribution in [0.25, 0.3) is 0 Å². The van der Waals surface area contributed by atoms with Crippen molar-refractivity contribution in [1.29, 1.82) is 0 Å². The van der Waals surface area contributed by atoms with Crippen LogP contribution >= 0.6 is 7.82 Å². The van der Waals surface area contributed by atoms with Crippen molar-refractivity contribution in [2.75, 3.05) is 26.4 Å². The molecule has 0 saturated heterocycles. The zero-order valence-electron chi connectivity index (χ0n) is 36.1. The molecule has 10 nitrogen and oxygen atoms in total. The normalized spacial score (nSPS) is 13.9. The van der Waals surface area contributed by atoms with Crippen molar-refractivity contribution in [2.45, 2.75) is 238 Å². The van der Waals surface area contributed by atoms with Gasteiger partial charge in [-0.25, -0.2) is 4.57 Å². The molecule has 0 aliphatic carbocycles. The second-order valence-corrected chi connectivity index (χ2v) is 17.2. The first kappa shape index (κ1) is 54.7. The smallest absolute Gasteiger partial charge is 0.462 e. The number of carbonyl (C=O) groups is 2. The number of aliphatic hydroxyl groups excluding tert-OH is 2. The number of carbonyl (C=O) groups excluding carboxylic acids is 2. The summed E-state index contributed by atoms with van der Waals surface area (Å²) in [5.74, 6) is -0.914. The van der Waals surface area contributed by atoms with Gasteiger partial charge in [0.05, 0.1) is 19.8 Å². The SMILES string of the molecule is CCCCCCCC/C=C/CCCCCCCCCCCCCC(=O)O[C@H](COC(=O)CCCCCCCCCCCCCC)COP(=O)(O)OC[C@@H](O)CO. The summed E-state index contributed by atoms with van der Waals surface area (Å²) in [7, 11) is -4.61. The molecule has 0 rings (SSSR count). The minimum Gasteiger partial charge on any atom is -0.462 e. The van der Waals surface area contributed by atoms with Crippen LogP contribution in [0.3, 0.4) is 0 Å². The summed E-state index contributed by atoms with van der Waals surface area (Å²) in [6, 6.07) is 0. The summed E-state index contributed by atoms with van der Waals surface area (Å²) in [4.78, 5) is 35.0. The third-order valence-corrected chi connectivity index (χ3v) is 11.1. The molecule has 0 aliphatic heterocycles. The van der Waals surface area contributed by atoms with Crippen molar-refractivity contribution >= 4 is 19.8 Å². The number of ether oxygens (including phenoxy) is 2. The van der Waals surface area contributed by atoms with Gasteiger partial charge >= 0.3 is 19.8 Å². The Kier molecular flexibility index (Phi) is 40.9. The van der Waals surface area contributed by atoms with E-state index < -0.39 is 51.8 Å². The summed E-state index contributed by atoms with van der Waals surface area (Å²) < 4.78 is 32.7. The molecule has 3 N–H and O–H groups in total. The van der Waals surface area contributed by atoms with Crippen LogP contribution in [0.1, 0.15) is 226 Å². The van der Waals surface area contributed by atoms with Gasteiger partial charge in [0.25, 0.3) is 0 Å². The predicted molar refractivity (Wildman–Crippen MR) is 229 cm³/mol. The highest BCUT2D eigenvalue weighted by atomic mass is 31.2. The predicted octanol–water partition coefficient (Wildman–Crippen LogP) is 12.4. The average molecular weight is 819 g/mol. The first-order valence-corrected chi connectivity index (χ1v) is 24.6. The maximum atomic E-state index is 12.6. The number of allylic oxidation sites excluding steroid dienone is 2. The van der Waals surface area contributed by atoms with Crippen LogP contribution in [-0.4, -0.2) is 65.7 Å². The lowest BCUT2D eigenvalue weighted by atomic mass is 10.0. The fraction of sp³-hybridized carbons (Fsp3) is 0.911. The zero-order valence-corrected chi connectivity index (χ0v) is 37.0. The quantitative estimate of drug-likeness (QED) is 0.0235. The van der Waals surface area contributed by atoms with Crippen molar-refractivity contribution in [3.8, 4) is 0 Å². The van der Waals surface area contributed by atoms with Crippen molar-refractivity contribution in [1.82, 2.24) is 0 Å². The van der Waals surface area contributed by atoms with Crippen LogP contribution in [0.5, 0.6) is 0 Å². The molecule has 56 heavy (non-hydrogen) atoms. The van der Waals surface area contributed by atoms with Gasteiger partial charge in [-0.15, -0.1) is 0 Å². The Morgan fingerprint density at radius 2 is 0.875 bits per heavy atom. The maximum Gasteiger partial charge on any atom is 0.472 e. The molecule has 0 aliphatic rings. The van der Waals surface area contributed by atoms with Gasteiger partial charge in [-0.1, -0.05) is 187 Å². The lowest BCUT2D eigenvalue weighted by molar-refractivity contribution is -0.161. The molecule has 0 fully saturated rings. The fourth-order valence-corrected chi connectivity index (χ4v) is 7.37. The molecule has 0 aromatic heterocycles. The third kappa shape index (κ3) is 40.9. The van der Waals surface area contributed by atoms with Crippen molar-refractivity contribution in [3.63, 3.8) is 0 Å².